The molecule has 0 aromatic heterocycles. The van der Waals surface area contributed by atoms with E-state index in [1.807, 2.05) is 6.92 Å². The number of morpholine rings is 1. The summed E-state index contributed by atoms with van der Waals surface area (Å²) in [6.45, 7) is 13.5. The molecular formula is C19H36F3N5O. The highest BCUT2D eigenvalue weighted by molar-refractivity contribution is 5.80. The Hall–Kier alpha value is -1.06. The normalized spacial score (nSPS) is 28.6. The van der Waals surface area contributed by atoms with Gasteiger partial charge in [-0.15, -0.1) is 0 Å². The van der Waals surface area contributed by atoms with Crippen LogP contribution in [0.2, 0.25) is 0 Å². The molecule has 2 rings (SSSR count). The molecule has 2 saturated heterocycles. The van der Waals surface area contributed by atoms with Crippen molar-refractivity contribution in [1.82, 2.24) is 20.4 Å². The van der Waals surface area contributed by atoms with Crippen LogP contribution in [0.25, 0.3) is 0 Å². The van der Waals surface area contributed by atoms with E-state index in [0.29, 0.717) is 38.6 Å². The molecule has 3 unspecified atom stereocenters. The molecule has 2 fully saturated rings. The molecule has 3 atom stereocenters. The second-order valence-electron chi connectivity index (χ2n) is 8.65. The summed E-state index contributed by atoms with van der Waals surface area (Å²) in [6, 6.07) is -0.0216. The number of guanidine groups is 1. The Kier molecular flexibility index (Phi) is 7.98. The maximum Gasteiger partial charge on any atom is 0.401 e. The zero-order valence-electron chi connectivity index (χ0n) is 17.8. The molecule has 164 valence electrons. The van der Waals surface area contributed by atoms with E-state index >= 15 is 0 Å². The number of hydrogen-bond acceptors (Lipinski definition) is 4. The van der Waals surface area contributed by atoms with Crippen molar-refractivity contribution in [3.05, 3.63) is 0 Å². The zero-order chi connectivity index (χ0) is 20.9. The Balaban J connectivity index is 1.92. The van der Waals surface area contributed by atoms with Crippen molar-refractivity contribution in [2.75, 3.05) is 45.8 Å². The van der Waals surface area contributed by atoms with Crippen LogP contribution in [-0.4, -0.2) is 91.5 Å². The van der Waals surface area contributed by atoms with Crippen LogP contribution in [0, 0.1) is 0 Å². The van der Waals surface area contributed by atoms with E-state index in [-0.39, 0.29) is 23.8 Å². The van der Waals surface area contributed by atoms with Crippen molar-refractivity contribution in [3.8, 4) is 0 Å². The maximum atomic E-state index is 12.6. The predicted molar refractivity (Wildman–Crippen MR) is 106 cm³/mol. The first kappa shape index (κ1) is 23.2. The third-order valence-corrected chi connectivity index (χ3v) is 5.26. The average Bonchev–Trinajstić information content (AvgIpc) is 2.97. The van der Waals surface area contributed by atoms with Gasteiger partial charge in [0.05, 0.1) is 25.3 Å². The van der Waals surface area contributed by atoms with E-state index in [9.17, 15) is 13.2 Å². The van der Waals surface area contributed by atoms with E-state index in [1.165, 1.54) is 4.90 Å². The topological polar surface area (TPSA) is 52.1 Å². The Morgan fingerprint density at radius 2 is 1.79 bits per heavy atom. The number of hydrogen-bond donors (Lipinski definition) is 2. The summed E-state index contributed by atoms with van der Waals surface area (Å²) in [7, 11) is 0. The van der Waals surface area contributed by atoms with Gasteiger partial charge in [-0.3, -0.25) is 14.8 Å². The Morgan fingerprint density at radius 1 is 1.14 bits per heavy atom. The largest absolute Gasteiger partial charge is 0.401 e. The van der Waals surface area contributed by atoms with Crippen molar-refractivity contribution < 1.29 is 17.9 Å². The molecule has 0 saturated carbocycles. The van der Waals surface area contributed by atoms with Gasteiger partial charge in [0.2, 0.25) is 0 Å². The summed E-state index contributed by atoms with van der Waals surface area (Å²) in [5, 5.41) is 6.53. The lowest BCUT2D eigenvalue weighted by Gasteiger charge is -2.44. The summed E-state index contributed by atoms with van der Waals surface area (Å²) >= 11 is 0. The fourth-order valence-corrected chi connectivity index (χ4v) is 3.91. The van der Waals surface area contributed by atoms with Gasteiger partial charge in [-0.2, -0.15) is 13.2 Å². The Bertz CT molecular complexity index is 516. The zero-order valence-corrected chi connectivity index (χ0v) is 17.8. The lowest BCUT2D eigenvalue weighted by molar-refractivity contribution is -0.143. The van der Waals surface area contributed by atoms with E-state index in [0.717, 1.165) is 13.1 Å². The number of ether oxygens (including phenoxy) is 1. The first-order valence-corrected chi connectivity index (χ1v) is 10.2. The number of rotatable bonds is 6. The van der Waals surface area contributed by atoms with Crippen molar-refractivity contribution in [1.29, 1.82) is 0 Å². The number of nitrogens with one attached hydrogen (secondary N) is 2. The minimum absolute atomic E-state index is 0.0216. The van der Waals surface area contributed by atoms with Gasteiger partial charge in [0, 0.05) is 44.3 Å². The fourth-order valence-electron chi connectivity index (χ4n) is 3.91. The third kappa shape index (κ3) is 7.40. The van der Waals surface area contributed by atoms with Crippen LogP contribution < -0.4 is 10.6 Å². The van der Waals surface area contributed by atoms with Gasteiger partial charge in [-0.25, -0.2) is 0 Å². The highest BCUT2D eigenvalue weighted by Gasteiger charge is 2.35. The van der Waals surface area contributed by atoms with Crippen LogP contribution in [0.5, 0.6) is 0 Å². The van der Waals surface area contributed by atoms with E-state index in [1.54, 1.807) is 0 Å². The molecule has 0 aromatic rings. The number of halogens is 3. The molecule has 0 radical (unpaired) electrons. The Morgan fingerprint density at radius 3 is 2.36 bits per heavy atom. The van der Waals surface area contributed by atoms with Crippen LogP contribution in [0.3, 0.4) is 0 Å². The predicted octanol–water partition coefficient (Wildman–Crippen LogP) is 2.07. The van der Waals surface area contributed by atoms with Gasteiger partial charge in [-0.1, -0.05) is 0 Å². The molecule has 2 N–H and O–H groups in total. The highest BCUT2D eigenvalue weighted by atomic mass is 19.4. The van der Waals surface area contributed by atoms with Crippen molar-refractivity contribution in [3.63, 3.8) is 0 Å². The van der Waals surface area contributed by atoms with Gasteiger partial charge >= 0.3 is 6.18 Å². The van der Waals surface area contributed by atoms with Crippen LogP contribution in [-0.2, 0) is 4.74 Å². The van der Waals surface area contributed by atoms with Gasteiger partial charge < -0.3 is 15.4 Å². The van der Waals surface area contributed by atoms with Gasteiger partial charge in [-0.05, 0) is 41.0 Å². The number of nitrogens with zero attached hydrogens (tertiary/aromatic N) is 3. The second kappa shape index (κ2) is 9.63. The Labute approximate surface area is 166 Å². The molecule has 0 bridgehead atoms. The van der Waals surface area contributed by atoms with Gasteiger partial charge in [0.1, 0.15) is 0 Å². The average molecular weight is 408 g/mol. The summed E-state index contributed by atoms with van der Waals surface area (Å²) in [4.78, 5) is 8.59. The minimum Gasteiger partial charge on any atom is -0.373 e. The molecule has 0 aliphatic carbocycles. The molecule has 2 heterocycles. The molecule has 6 nitrogen and oxygen atoms in total. The fraction of sp³-hybridized carbons (Fsp3) is 0.947. The van der Waals surface area contributed by atoms with Crippen molar-refractivity contribution >= 4 is 5.96 Å². The third-order valence-electron chi connectivity index (χ3n) is 5.26. The second-order valence-corrected chi connectivity index (χ2v) is 8.65. The van der Waals surface area contributed by atoms with Crippen LogP contribution in [0.1, 0.15) is 41.0 Å². The number of aliphatic imine (C=N–C) groups is 1. The molecule has 0 amide bonds. The SMILES string of the molecule is CCNC(=NCC(C)(C)N1CC(C)OC(C)C1)NC1CCN(CC(F)(F)F)C1. The summed E-state index contributed by atoms with van der Waals surface area (Å²) in [6.07, 6.45) is -3.08. The van der Waals surface area contributed by atoms with Crippen LogP contribution >= 0.6 is 0 Å². The molecule has 0 aromatic carbocycles. The first-order chi connectivity index (χ1) is 13.0. The molecule has 9 heteroatoms. The summed E-state index contributed by atoms with van der Waals surface area (Å²) in [5.41, 5.74) is -0.132. The summed E-state index contributed by atoms with van der Waals surface area (Å²) < 4.78 is 43.6. The van der Waals surface area contributed by atoms with Crippen molar-refractivity contribution in [2.24, 2.45) is 4.99 Å². The van der Waals surface area contributed by atoms with Crippen LogP contribution in [0.4, 0.5) is 13.2 Å². The van der Waals surface area contributed by atoms with Gasteiger partial charge in [0.15, 0.2) is 5.96 Å². The lowest BCUT2D eigenvalue weighted by atomic mass is 10.0. The molecule has 2 aliphatic rings. The molecular weight excluding hydrogens is 371 g/mol. The quantitative estimate of drug-likeness (QED) is 0.522. The standard InChI is InChI=1S/C19H36F3N5O/c1-6-23-17(25-16-7-8-26(11-16)13-19(20,21)22)24-12-18(4,5)27-9-14(2)28-15(3)10-27/h14-16H,6-13H2,1-5H3,(H2,23,24,25). The monoisotopic (exact) mass is 407 g/mol. The summed E-state index contributed by atoms with van der Waals surface area (Å²) in [5.74, 6) is 0.670. The first-order valence-electron chi connectivity index (χ1n) is 10.2. The minimum atomic E-state index is -4.15. The van der Waals surface area contributed by atoms with E-state index in [2.05, 4.69) is 43.2 Å². The van der Waals surface area contributed by atoms with E-state index < -0.39 is 12.7 Å². The number of alkyl halides is 3. The van der Waals surface area contributed by atoms with Gasteiger partial charge in [0.25, 0.3) is 0 Å². The van der Waals surface area contributed by atoms with E-state index in [4.69, 9.17) is 9.73 Å². The molecule has 0 spiro atoms. The van der Waals surface area contributed by atoms with Crippen molar-refractivity contribution in [2.45, 2.75) is 71.0 Å². The number of likely N-dealkylation sites (tertiary alicyclic amines) is 1. The smallest absolute Gasteiger partial charge is 0.373 e. The highest BCUT2D eigenvalue weighted by Crippen LogP contribution is 2.22. The maximum absolute atomic E-state index is 12.6. The van der Waals surface area contributed by atoms with Crippen LogP contribution in [0.15, 0.2) is 4.99 Å². The lowest BCUT2D eigenvalue weighted by Crippen LogP contribution is -2.56. The molecule has 2 aliphatic heterocycles. The molecule has 28 heavy (non-hydrogen) atoms.